The molecule has 0 unspecified atom stereocenters. The summed E-state index contributed by atoms with van der Waals surface area (Å²) in [7, 11) is 1.57. The van der Waals surface area contributed by atoms with Gasteiger partial charge in [-0.15, -0.1) is 0 Å². The molecule has 7 heteroatoms. The molecule has 3 N–H and O–H groups in total. The molecule has 0 aromatic heterocycles. The quantitative estimate of drug-likeness (QED) is 0.815. The summed E-state index contributed by atoms with van der Waals surface area (Å²) in [6, 6.07) is 6.99. The van der Waals surface area contributed by atoms with E-state index in [9.17, 15) is 14.4 Å². The van der Waals surface area contributed by atoms with E-state index < -0.39 is 0 Å². The zero-order valence-electron chi connectivity index (χ0n) is 13.8. The van der Waals surface area contributed by atoms with Crippen LogP contribution in [0, 0.1) is 5.92 Å². The van der Waals surface area contributed by atoms with Crippen LogP contribution in [0.3, 0.4) is 0 Å². The number of primary amides is 1. The number of carbonyl (C=O) groups excluding carboxylic acids is 3. The standard InChI is InChI=1S/C17H23N3O4/c1-24-14-4-2-13(3-5-14)19-15(21)6-7-16(22)20-10-8-12(9-11-20)17(18)23/h2-5,12H,6-11H2,1H3,(H2,18,23)(H,19,21). The number of nitrogens with two attached hydrogens (primary N) is 1. The molecule has 2 rings (SSSR count). The van der Waals surface area contributed by atoms with Crippen LogP contribution in [0.25, 0.3) is 0 Å². The van der Waals surface area contributed by atoms with Crippen molar-refractivity contribution in [2.45, 2.75) is 25.7 Å². The topological polar surface area (TPSA) is 102 Å². The van der Waals surface area contributed by atoms with E-state index in [-0.39, 0.29) is 36.5 Å². The Kier molecular flexibility index (Phi) is 6.17. The maximum atomic E-state index is 12.1. The molecule has 0 bridgehead atoms. The van der Waals surface area contributed by atoms with E-state index >= 15 is 0 Å². The Morgan fingerprint density at radius 3 is 2.33 bits per heavy atom. The number of nitrogens with zero attached hydrogens (tertiary/aromatic N) is 1. The number of hydrogen-bond acceptors (Lipinski definition) is 4. The van der Waals surface area contributed by atoms with E-state index in [0.717, 1.165) is 0 Å². The molecule has 0 atom stereocenters. The van der Waals surface area contributed by atoms with Crippen LogP contribution in [-0.4, -0.2) is 42.8 Å². The van der Waals surface area contributed by atoms with E-state index in [0.29, 0.717) is 37.4 Å². The normalized spacial score (nSPS) is 15.0. The van der Waals surface area contributed by atoms with Gasteiger partial charge in [0.05, 0.1) is 7.11 Å². The van der Waals surface area contributed by atoms with Gasteiger partial charge in [-0.05, 0) is 37.1 Å². The van der Waals surface area contributed by atoms with Gasteiger partial charge in [0, 0.05) is 37.5 Å². The Labute approximate surface area is 141 Å². The Balaban J connectivity index is 1.73. The molecule has 130 valence electrons. The third kappa shape index (κ3) is 4.97. The molecule has 1 aromatic rings. The van der Waals surface area contributed by atoms with Crippen LogP contribution < -0.4 is 15.8 Å². The minimum atomic E-state index is -0.305. The van der Waals surface area contributed by atoms with Crippen molar-refractivity contribution in [2.75, 3.05) is 25.5 Å². The van der Waals surface area contributed by atoms with Crippen molar-refractivity contribution in [3.05, 3.63) is 24.3 Å². The molecule has 1 aliphatic heterocycles. The Hall–Kier alpha value is -2.57. The number of carbonyl (C=O) groups is 3. The molecule has 1 aliphatic rings. The highest BCUT2D eigenvalue weighted by Crippen LogP contribution is 2.18. The van der Waals surface area contributed by atoms with Gasteiger partial charge in [0.25, 0.3) is 0 Å². The molecule has 24 heavy (non-hydrogen) atoms. The molecule has 1 aromatic carbocycles. The van der Waals surface area contributed by atoms with Gasteiger partial charge in [-0.3, -0.25) is 14.4 Å². The van der Waals surface area contributed by atoms with Crippen molar-refractivity contribution < 1.29 is 19.1 Å². The molecule has 3 amide bonds. The lowest BCUT2D eigenvalue weighted by molar-refractivity contribution is -0.135. The first-order valence-electron chi connectivity index (χ1n) is 8.00. The number of methoxy groups -OCH3 is 1. The van der Waals surface area contributed by atoms with Gasteiger partial charge in [-0.25, -0.2) is 0 Å². The number of anilines is 1. The highest BCUT2D eigenvalue weighted by Gasteiger charge is 2.25. The maximum absolute atomic E-state index is 12.1. The van der Waals surface area contributed by atoms with Crippen LogP contribution in [0.1, 0.15) is 25.7 Å². The van der Waals surface area contributed by atoms with Crippen molar-refractivity contribution >= 4 is 23.4 Å². The second kappa shape index (κ2) is 8.33. The van der Waals surface area contributed by atoms with Gasteiger partial charge in [0.15, 0.2) is 0 Å². The highest BCUT2D eigenvalue weighted by molar-refractivity contribution is 5.93. The SMILES string of the molecule is COc1ccc(NC(=O)CCC(=O)N2CCC(C(N)=O)CC2)cc1. The maximum Gasteiger partial charge on any atom is 0.224 e. The van der Waals surface area contributed by atoms with Crippen LogP contribution >= 0.6 is 0 Å². The zero-order chi connectivity index (χ0) is 17.5. The summed E-state index contributed by atoms with van der Waals surface area (Å²) in [4.78, 5) is 36.9. The summed E-state index contributed by atoms with van der Waals surface area (Å²) in [6.07, 6.45) is 1.47. The number of hydrogen-bond donors (Lipinski definition) is 2. The van der Waals surface area contributed by atoms with Gasteiger partial charge >= 0.3 is 0 Å². The van der Waals surface area contributed by atoms with Gasteiger partial charge in [-0.1, -0.05) is 0 Å². The lowest BCUT2D eigenvalue weighted by atomic mass is 9.96. The predicted octanol–water partition coefficient (Wildman–Crippen LogP) is 1.14. The first kappa shape index (κ1) is 17.8. The van der Waals surface area contributed by atoms with Crippen molar-refractivity contribution in [3.8, 4) is 5.75 Å². The second-order valence-corrected chi connectivity index (χ2v) is 5.83. The Bertz CT molecular complexity index is 592. The lowest BCUT2D eigenvalue weighted by Gasteiger charge is -2.30. The number of rotatable bonds is 6. The smallest absolute Gasteiger partial charge is 0.224 e. The van der Waals surface area contributed by atoms with Crippen molar-refractivity contribution in [1.82, 2.24) is 4.90 Å². The van der Waals surface area contributed by atoms with Crippen molar-refractivity contribution in [1.29, 1.82) is 0 Å². The monoisotopic (exact) mass is 333 g/mol. The number of benzene rings is 1. The van der Waals surface area contributed by atoms with Crippen molar-refractivity contribution in [2.24, 2.45) is 11.7 Å². The van der Waals surface area contributed by atoms with E-state index in [1.54, 1.807) is 36.3 Å². The third-order valence-electron chi connectivity index (χ3n) is 4.19. The predicted molar refractivity (Wildman–Crippen MR) is 89.4 cm³/mol. The second-order valence-electron chi connectivity index (χ2n) is 5.83. The zero-order valence-corrected chi connectivity index (χ0v) is 13.8. The number of nitrogens with one attached hydrogen (secondary N) is 1. The summed E-state index contributed by atoms with van der Waals surface area (Å²) in [6.45, 7) is 1.04. The summed E-state index contributed by atoms with van der Waals surface area (Å²) in [5.74, 6) is -0.0146. The van der Waals surface area contributed by atoms with Crippen LogP contribution in [0.2, 0.25) is 0 Å². The largest absolute Gasteiger partial charge is 0.497 e. The minimum Gasteiger partial charge on any atom is -0.497 e. The Morgan fingerprint density at radius 2 is 1.79 bits per heavy atom. The van der Waals surface area contributed by atoms with Crippen LogP contribution in [0.5, 0.6) is 5.75 Å². The summed E-state index contributed by atoms with van der Waals surface area (Å²) < 4.78 is 5.05. The first-order chi connectivity index (χ1) is 11.5. The average Bonchev–Trinajstić information content (AvgIpc) is 2.60. The molecular weight excluding hydrogens is 310 g/mol. The van der Waals surface area contributed by atoms with Crippen LogP contribution in [-0.2, 0) is 14.4 Å². The lowest BCUT2D eigenvalue weighted by Crippen LogP contribution is -2.41. The van der Waals surface area contributed by atoms with Gasteiger partial charge in [-0.2, -0.15) is 0 Å². The highest BCUT2D eigenvalue weighted by atomic mass is 16.5. The third-order valence-corrected chi connectivity index (χ3v) is 4.19. The number of piperidine rings is 1. The fraction of sp³-hybridized carbons (Fsp3) is 0.471. The molecule has 1 fully saturated rings. The number of likely N-dealkylation sites (tertiary alicyclic amines) is 1. The fourth-order valence-corrected chi connectivity index (χ4v) is 2.69. The minimum absolute atomic E-state index is 0.0669. The Morgan fingerprint density at radius 1 is 1.17 bits per heavy atom. The fourth-order valence-electron chi connectivity index (χ4n) is 2.69. The van der Waals surface area contributed by atoms with E-state index in [1.807, 2.05) is 0 Å². The molecule has 1 heterocycles. The van der Waals surface area contributed by atoms with Crippen LogP contribution in [0.15, 0.2) is 24.3 Å². The summed E-state index contributed by atoms with van der Waals surface area (Å²) >= 11 is 0. The molecule has 0 saturated carbocycles. The molecule has 0 radical (unpaired) electrons. The molecule has 1 saturated heterocycles. The molecular formula is C17H23N3O4. The van der Waals surface area contributed by atoms with E-state index in [1.165, 1.54) is 0 Å². The molecule has 0 spiro atoms. The van der Waals surface area contributed by atoms with Crippen LogP contribution in [0.4, 0.5) is 5.69 Å². The van der Waals surface area contributed by atoms with E-state index in [4.69, 9.17) is 10.5 Å². The summed E-state index contributed by atoms with van der Waals surface area (Å²) in [5.41, 5.74) is 5.94. The molecule has 0 aliphatic carbocycles. The summed E-state index contributed by atoms with van der Waals surface area (Å²) in [5, 5.41) is 2.75. The number of amides is 3. The van der Waals surface area contributed by atoms with Gasteiger partial charge in [0.1, 0.15) is 5.75 Å². The molecule has 7 nitrogen and oxygen atoms in total. The van der Waals surface area contributed by atoms with Gasteiger partial charge in [0.2, 0.25) is 17.7 Å². The number of ether oxygens (including phenoxy) is 1. The first-order valence-corrected chi connectivity index (χ1v) is 8.00. The van der Waals surface area contributed by atoms with Crippen molar-refractivity contribution in [3.63, 3.8) is 0 Å². The van der Waals surface area contributed by atoms with E-state index in [2.05, 4.69) is 5.32 Å². The average molecular weight is 333 g/mol. The van der Waals surface area contributed by atoms with Gasteiger partial charge < -0.3 is 20.7 Å².